The molecule has 0 bridgehead atoms. The second-order valence-corrected chi connectivity index (χ2v) is 5.01. The van der Waals surface area contributed by atoms with Crippen molar-refractivity contribution in [3.63, 3.8) is 0 Å². The van der Waals surface area contributed by atoms with Gasteiger partial charge in [0, 0.05) is 0 Å². The largest absolute Gasteiger partial charge is 0.497 e. The Morgan fingerprint density at radius 3 is 2.67 bits per heavy atom. The summed E-state index contributed by atoms with van der Waals surface area (Å²) in [5.41, 5.74) is 0.155. The van der Waals surface area contributed by atoms with Gasteiger partial charge in [-0.05, 0) is 30.5 Å². The van der Waals surface area contributed by atoms with Gasteiger partial charge in [0.2, 0.25) is 0 Å². The summed E-state index contributed by atoms with van der Waals surface area (Å²) in [6.07, 6.45) is 4.04. The summed E-state index contributed by atoms with van der Waals surface area (Å²) in [6.45, 7) is 0. The standard InChI is InChI=1S/C15H19NO2/c1-18-13-7-5-6-12(10-13)14(17)15(11-16)8-3-2-4-9-15/h5-7,10,14,17H,2-4,8-9H2,1H3. The van der Waals surface area contributed by atoms with Crippen molar-refractivity contribution in [2.24, 2.45) is 5.41 Å². The third-order valence-corrected chi connectivity index (χ3v) is 3.90. The first-order chi connectivity index (χ1) is 8.72. The van der Waals surface area contributed by atoms with Crippen molar-refractivity contribution in [1.82, 2.24) is 0 Å². The van der Waals surface area contributed by atoms with Crippen LogP contribution in [0.15, 0.2) is 24.3 Å². The van der Waals surface area contributed by atoms with Crippen LogP contribution in [0.4, 0.5) is 0 Å². The van der Waals surface area contributed by atoms with Gasteiger partial charge in [-0.2, -0.15) is 5.26 Å². The van der Waals surface area contributed by atoms with E-state index in [1.165, 1.54) is 0 Å². The van der Waals surface area contributed by atoms with Gasteiger partial charge < -0.3 is 9.84 Å². The van der Waals surface area contributed by atoms with Crippen LogP contribution >= 0.6 is 0 Å². The van der Waals surface area contributed by atoms with Gasteiger partial charge in [-0.3, -0.25) is 0 Å². The molecule has 0 amide bonds. The van der Waals surface area contributed by atoms with Crippen LogP contribution in [0.25, 0.3) is 0 Å². The third kappa shape index (κ3) is 2.34. The molecule has 1 saturated carbocycles. The van der Waals surface area contributed by atoms with Gasteiger partial charge in [0.15, 0.2) is 0 Å². The number of nitriles is 1. The summed E-state index contributed by atoms with van der Waals surface area (Å²) in [6, 6.07) is 9.74. The van der Waals surface area contributed by atoms with Gasteiger partial charge >= 0.3 is 0 Å². The van der Waals surface area contributed by atoms with Crippen molar-refractivity contribution in [2.75, 3.05) is 7.11 Å². The highest BCUT2D eigenvalue weighted by atomic mass is 16.5. The van der Waals surface area contributed by atoms with Crippen molar-refractivity contribution in [1.29, 1.82) is 5.26 Å². The number of hydrogen-bond acceptors (Lipinski definition) is 3. The first-order valence-electron chi connectivity index (χ1n) is 6.45. The van der Waals surface area contributed by atoms with E-state index < -0.39 is 11.5 Å². The Hall–Kier alpha value is -1.53. The van der Waals surface area contributed by atoms with E-state index in [9.17, 15) is 10.4 Å². The Balaban J connectivity index is 2.28. The zero-order chi connectivity index (χ0) is 13.0. The van der Waals surface area contributed by atoms with Crippen molar-refractivity contribution >= 4 is 0 Å². The fourth-order valence-corrected chi connectivity index (χ4v) is 2.76. The van der Waals surface area contributed by atoms with E-state index in [-0.39, 0.29) is 0 Å². The molecule has 1 fully saturated rings. The predicted octanol–water partition coefficient (Wildman–Crippen LogP) is 3.20. The van der Waals surface area contributed by atoms with Crippen LogP contribution in [0, 0.1) is 16.7 Å². The molecule has 1 aliphatic carbocycles. The van der Waals surface area contributed by atoms with Gasteiger partial charge in [0.05, 0.1) is 24.7 Å². The highest BCUT2D eigenvalue weighted by Gasteiger charge is 2.40. The summed E-state index contributed by atoms with van der Waals surface area (Å²) in [5, 5.41) is 20.0. The molecule has 2 rings (SSSR count). The molecule has 3 heteroatoms. The lowest BCUT2D eigenvalue weighted by atomic mass is 9.69. The normalized spacial score (nSPS) is 19.8. The lowest BCUT2D eigenvalue weighted by Gasteiger charge is -2.35. The number of aliphatic hydroxyl groups is 1. The lowest BCUT2D eigenvalue weighted by molar-refractivity contribution is 0.0358. The first kappa shape index (κ1) is 12.9. The third-order valence-electron chi connectivity index (χ3n) is 3.90. The Bertz CT molecular complexity index is 444. The maximum absolute atomic E-state index is 10.5. The SMILES string of the molecule is COc1cccc(C(O)C2(C#N)CCCCC2)c1. The molecule has 3 nitrogen and oxygen atoms in total. The number of methoxy groups -OCH3 is 1. The lowest BCUT2D eigenvalue weighted by Crippen LogP contribution is -2.30. The molecular weight excluding hydrogens is 226 g/mol. The monoisotopic (exact) mass is 245 g/mol. The van der Waals surface area contributed by atoms with Crippen LogP contribution in [0.5, 0.6) is 5.75 Å². The summed E-state index contributed by atoms with van der Waals surface area (Å²) in [4.78, 5) is 0. The van der Waals surface area contributed by atoms with Crippen molar-refractivity contribution in [3.8, 4) is 11.8 Å². The smallest absolute Gasteiger partial charge is 0.119 e. The van der Waals surface area contributed by atoms with Gasteiger partial charge in [-0.25, -0.2) is 0 Å². The first-order valence-corrected chi connectivity index (χ1v) is 6.45. The van der Waals surface area contributed by atoms with Crippen LogP contribution in [0.3, 0.4) is 0 Å². The van der Waals surface area contributed by atoms with E-state index in [4.69, 9.17) is 4.74 Å². The summed E-state index contributed by atoms with van der Waals surface area (Å²) in [5.74, 6) is 0.718. The number of rotatable bonds is 3. The number of hydrogen-bond donors (Lipinski definition) is 1. The highest BCUT2D eigenvalue weighted by Crippen LogP contribution is 2.45. The molecule has 96 valence electrons. The molecule has 0 aliphatic heterocycles. The maximum atomic E-state index is 10.5. The molecule has 1 N–H and O–H groups in total. The average Bonchev–Trinajstić information content (AvgIpc) is 2.47. The topological polar surface area (TPSA) is 53.2 Å². The van der Waals surface area contributed by atoms with Crippen molar-refractivity contribution in [3.05, 3.63) is 29.8 Å². The fourth-order valence-electron chi connectivity index (χ4n) is 2.76. The summed E-state index contributed by atoms with van der Waals surface area (Å²) < 4.78 is 5.16. The van der Waals surface area contributed by atoms with Crippen LogP contribution in [0.1, 0.15) is 43.8 Å². The molecule has 1 atom stereocenters. The van der Waals surface area contributed by atoms with Gasteiger partial charge in [-0.1, -0.05) is 31.4 Å². The predicted molar refractivity (Wildman–Crippen MR) is 69.1 cm³/mol. The Morgan fingerprint density at radius 2 is 2.06 bits per heavy atom. The highest BCUT2D eigenvalue weighted by molar-refractivity contribution is 5.32. The Kier molecular flexibility index (Phi) is 3.88. The van der Waals surface area contributed by atoms with E-state index in [1.54, 1.807) is 7.11 Å². The Morgan fingerprint density at radius 1 is 1.33 bits per heavy atom. The molecule has 0 radical (unpaired) electrons. The van der Waals surface area contributed by atoms with E-state index in [0.29, 0.717) is 0 Å². The molecule has 0 aromatic heterocycles. The van der Waals surface area contributed by atoms with Crippen molar-refractivity contribution in [2.45, 2.75) is 38.2 Å². The number of ether oxygens (including phenoxy) is 1. The molecule has 18 heavy (non-hydrogen) atoms. The van der Waals surface area contributed by atoms with Gasteiger partial charge in [-0.15, -0.1) is 0 Å². The molecule has 1 aromatic rings. The fraction of sp³-hybridized carbons (Fsp3) is 0.533. The maximum Gasteiger partial charge on any atom is 0.119 e. The molecule has 0 saturated heterocycles. The number of nitrogens with zero attached hydrogens (tertiary/aromatic N) is 1. The molecule has 1 aliphatic rings. The second-order valence-electron chi connectivity index (χ2n) is 5.01. The number of benzene rings is 1. The van der Waals surface area contributed by atoms with Crippen LogP contribution in [-0.4, -0.2) is 12.2 Å². The number of aliphatic hydroxyl groups excluding tert-OH is 1. The second kappa shape index (κ2) is 5.41. The van der Waals surface area contributed by atoms with Crippen LogP contribution in [-0.2, 0) is 0 Å². The molecule has 0 spiro atoms. The average molecular weight is 245 g/mol. The van der Waals surface area contributed by atoms with Gasteiger partial charge in [0.1, 0.15) is 5.75 Å². The zero-order valence-electron chi connectivity index (χ0n) is 10.7. The molecule has 1 aromatic carbocycles. The quantitative estimate of drug-likeness (QED) is 0.889. The van der Waals surface area contributed by atoms with Gasteiger partial charge in [0.25, 0.3) is 0 Å². The zero-order valence-corrected chi connectivity index (χ0v) is 10.7. The summed E-state index contributed by atoms with van der Waals surface area (Å²) >= 11 is 0. The minimum absolute atomic E-state index is 0.620. The molecule has 0 heterocycles. The van der Waals surface area contributed by atoms with E-state index in [2.05, 4.69) is 6.07 Å². The van der Waals surface area contributed by atoms with E-state index in [0.717, 1.165) is 43.4 Å². The van der Waals surface area contributed by atoms with Crippen LogP contribution in [0.2, 0.25) is 0 Å². The molecular formula is C15H19NO2. The van der Waals surface area contributed by atoms with E-state index in [1.807, 2.05) is 24.3 Å². The molecule has 1 unspecified atom stereocenters. The summed E-state index contributed by atoms with van der Waals surface area (Å²) in [7, 11) is 1.60. The van der Waals surface area contributed by atoms with Crippen molar-refractivity contribution < 1.29 is 9.84 Å². The Labute approximate surface area is 108 Å². The minimum atomic E-state index is -0.724. The van der Waals surface area contributed by atoms with E-state index >= 15 is 0 Å². The van der Waals surface area contributed by atoms with Crippen LogP contribution < -0.4 is 4.74 Å². The minimum Gasteiger partial charge on any atom is -0.497 e.